The molecule has 0 aromatic heterocycles. The highest BCUT2D eigenvalue weighted by Crippen LogP contribution is 2.25. The van der Waals surface area contributed by atoms with E-state index in [0.29, 0.717) is 0 Å². The van der Waals surface area contributed by atoms with Crippen molar-refractivity contribution >= 4 is 33.3 Å². The third-order valence-electron chi connectivity index (χ3n) is 1.71. The molecule has 1 aliphatic carbocycles. The zero-order valence-electron chi connectivity index (χ0n) is 8.72. The minimum Gasteiger partial charge on any atom is -0.122 e. The largest absolute Gasteiger partial charge is 0.122 e. The molecule has 0 nitrogen and oxygen atoms in total. The lowest BCUT2D eigenvalue weighted by atomic mass is 10.2. The fraction of sp³-hybridized carbons (Fsp3) is 0.333. The number of hydrogen-bond donors (Lipinski definition) is 0. The number of thioether (sulfide) groups is 1. The van der Waals surface area contributed by atoms with Crippen LogP contribution in [0.5, 0.6) is 0 Å². The first-order valence-electron chi connectivity index (χ1n) is 4.97. The summed E-state index contributed by atoms with van der Waals surface area (Å²) in [4.78, 5) is 1.41. The lowest BCUT2D eigenvalue weighted by Gasteiger charge is -2.03. The first-order valence-corrected chi connectivity index (χ1v) is 8.34. The first-order chi connectivity index (χ1) is 7.43. The normalized spacial score (nSPS) is 15.6. The average Bonchev–Trinajstić information content (AvgIpc) is 2.29. The van der Waals surface area contributed by atoms with E-state index in [2.05, 4.69) is 36.3 Å². The van der Waals surface area contributed by atoms with Crippen LogP contribution in [0.15, 0.2) is 47.3 Å². The summed E-state index contributed by atoms with van der Waals surface area (Å²) in [5.74, 6) is 2.08. The maximum Gasteiger partial charge on any atom is 0.0218 e. The molecule has 0 saturated carbocycles. The van der Waals surface area contributed by atoms with Crippen LogP contribution < -0.4 is 0 Å². The van der Waals surface area contributed by atoms with E-state index >= 15 is 0 Å². The Hall–Kier alpha value is 0.01000. The summed E-state index contributed by atoms with van der Waals surface area (Å²) < 4.78 is 0. The average molecular weight is 256 g/mol. The molecule has 0 unspecified atom stereocenters. The Morgan fingerprint density at radius 1 is 1.33 bits per heavy atom. The van der Waals surface area contributed by atoms with E-state index in [1.807, 2.05) is 28.6 Å². The summed E-state index contributed by atoms with van der Waals surface area (Å²) in [6.07, 6.45) is 13.3. The molecule has 0 amide bonds. The third-order valence-corrected chi connectivity index (χ3v) is 4.67. The van der Waals surface area contributed by atoms with Crippen LogP contribution >= 0.6 is 33.3 Å². The van der Waals surface area contributed by atoms with E-state index in [1.165, 1.54) is 17.7 Å². The second-order valence-electron chi connectivity index (χ2n) is 2.94. The summed E-state index contributed by atoms with van der Waals surface area (Å²) in [5, 5.41) is 2.16. The molecule has 0 N–H and O–H groups in total. The Morgan fingerprint density at radius 3 is 3.00 bits per heavy atom. The molecule has 0 bridgehead atoms. The summed E-state index contributed by atoms with van der Waals surface area (Å²) in [6.45, 7) is 3.68. The molecule has 3 heteroatoms. The second-order valence-corrected chi connectivity index (χ2v) is 6.35. The molecule has 0 aromatic rings. The predicted molar refractivity (Wildman–Crippen MR) is 78.3 cm³/mol. The number of allylic oxidation sites excluding steroid dienone is 3. The standard InChI is InChI=1S/C12H16S3/c1-2-9-14-15-11-6-10-13-12-7-4-3-5-8-12/h2,4,6-8,11H,1,3,5,9-10H2/b11-6-. The first kappa shape index (κ1) is 13.1. The monoisotopic (exact) mass is 256 g/mol. The lowest BCUT2D eigenvalue weighted by molar-refractivity contribution is 1.03. The van der Waals surface area contributed by atoms with Crippen molar-refractivity contribution in [1.82, 2.24) is 0 Å². The summed E-state index contributed by atoms with van der Waals surface area (Å²) in [7, 11) is 3.59. The van der Waals surface area contributed by atoms with Crippen molar-refractivity contribution in [3.8, 4) is 0 Å². The van der Waals surface area contributed by atoms with Gasteiger partial charge in [-0.2, -0.15) is 0 Å². The highest BCUT2D eigenvalue weighted by atomic mass is 33.1. The smallest absolute Gasteiger partial charge is 0.0218 e. The Kier molecular flexibility index (Phi) is 8.07. The molecule has 0 aliphatic heterocycles. The molecule has 0 heterocycles. The zero-order valence-corrected chi connectivity index (χ0v) is 11.2. The van der Waals surface area contributed by atoms with Gasteiger partial charge >= 0.3 is 0 Å². The van der Waals surface area contributed by atoms with Crippen LogP contribution in [-0.4, -0.2) is 11.5 Å². The molecule has 82 valence electrons. The van der Waals surface area contributed by atoms with Crippen LogP contribution in [-0.2, 0) is 0 Å². The van der Waals surface area contributed by atoms with Gasteiger partial charge in [0.1, 0.15) is 0 Å². The second kappa shape index (κ2) is 9.25. The molecular weight excluding hydrogens is 240 g/mol. The molecule has 1 aliphatic rings. The lowest BCUT2D eigenvalue weighted by Crippen LogP contribution is -1.80. The van der Waals surface area contributed by atoms with Gasteiger partial charge in [-0.15, -0.1) is 18.3 Å². The van der Waals surface area contributed by atoms with Crippen molar-refractivity contribution in [3.63, 3.8) is 0 Å². The molecule has 0 spiro atoms. The third kappa shape index (κ3) is 6.98. The minimum absolute atomic E-state index is 1.01. The van der Waals surface area contributed by atoms with E-state index in [-0.39, 0.29) is 0 Å². The quantitative estimate of drug-likeness (QED) is 0.356. The van der Waals surface area contributed by atoms with E-state index in [9.17, 15) is 0 Å². The summed E-state index contributed by atoms with van der Waals surface area (Å²) in [5.41, 5.74) is 0. The van der Waals surface area contributed by atoms with E-state index < -0.39 is 0 Å². The van der Waals surface area contributed by atoms with Gasteiger partial charge in [-0.3, -0.25) is 0 Å². The van der Waals surface area contributed by atoms with Crippen molar-refractivity contribution in [2.75, 3.05) is 11.5 Å². The Morgan fingerprint density at radius 2 is 2.27 bits per heavy atom. The number of rotatable bonds is 7. The number of hydrogen-bond acceptors (Lipinski definition) is 3. The maximum atomic E-state index is 3.68. The highest BCUT2D eigenvalue weighted by molar-refractivity contribution is 8.77. The van der Waals surface area contributed by atoms with Gasteiger partial charge in [0.15, 0.2) is 0 Å². The van der Waals surface area contributed by atoms with Gasteiger partial charge < -0.3 is 0 Å². The van der Waals surface area contributed by atoms with Gasteiger partial charge in [0.05, 0.1) is 0 Å². The summed E-state index contributed by atoms with van der Waals surface area (Å²) >= 11 is 1.91. The predicted octanol–water partition coefficient (Wildman–Crippen LogP) is 5.03. The Balaban J connectivity index is 2.02. The van der Waals surface area contributed by atoms with Gasteiger partial charge in [-0.1, -0.05) is 52.0 Å². The molecule has 0 saturated heterocycles. The molecule has 0 aromatic carbocycles. The van der Waals surface area contributed by atoms with E-state index in [1.54, 1.807) is 10.8 Å². The van der Waals surface area contributed by atoms with Gasteiger partial charge in [-0.05, 0) is 18.2 Å². The molecule has 15 heavy (non-hydrogen) atoms. The molecule has 0 atom stereocenters. The van der Waals surface area contributed by atoms with Crippen molar-refractivity contribution < 1.29 is 0 Å². The van der Waals surface area contributed by atoms with Gasteiger partial charge in [0.2, 0.25) is 0 Å². The maximum absolute atomic E-state index is 3.68. The van der Waals surface area contributed by atoms with Gasteiger partial charge in [0.25, 0.3) is 0 Å². The van der Waals surface area contributed by atoms with Crippen molar-refractivity contribution in [1.29, 1.82) is 0 Å². The van der Waals surface area contributed by atoms with Crippen molar-refractivity contribution in [3.05, 3.63) is 47.3 Å². The topological polar surface area (TPSA) is 0 Å². The Labute approximate surface area is 105 Å². The molecular formula is C12H16S3. The fourth-order valence-electron chi connectivity index (χ4n) is 1.05. The highest BCUT2D eigenvalue weighted by Gasteiger charge is 1.95. The molecule has 0 fully saturated rings. The molecule has 1 rings (SSSR count). The van der Waals surface area contributed by atoms with Crippen LogP contribution in [0.3, 0.4) is 0 Å². The van der Waals surface area contributed by atoms with Crippen LogP contribution in [0.4, 0.5) is 0 Å². The van der Waals surface area contributed by atoms with E-state index in [4.69, 9.17) is 0 Å². The Bertz CT molecular complexity index is 264. The van der Waals surface area contributed by atoms with Crippen LogP contribution in [0.1, 0.15) is 12.8 Å². The van der Waals surface area contributed by atoms with Crippen LogP contribution in [0.2, 0.25) is 0 Å². The van der Waals surface area contributed by atoms with Gasteiger partial charge in [-0.25, -0.2) is 0 Å². The zero-order chi connectivity index (χ0) is 10.8. The molecule has 0 radical (unpaired) electrons. The van der Waals surface area contributed by atoms with Crippen molar-refractivity contribution in [2.24, 2.45) is 0 Å². The van der Waals surface area contributed by atoms with Crippen molar-refractivity contribution in [2.45, 2.75) is 12.8 Å². The summed E-state index contributed by atoms with van der Waals surface area (Å²) in [6, 6.07) is 0. The SMILES string of the molecule is C=CCSS/C=C\CSC1=CCCC=C1. The van der Waals surface area contributed by atoms with Gasteiger partial charge in [0, 0.05) is 16.4 Å². The van der Waals surface area contributed by atoms with Crippen LogP contribution in [0.25, 0.3) is 0 Å². The van der Waals surface area contributed by atoms with E-state index in [0.717, 1.165) is 11.5 Å². The fourth-order valence-corrected chi connectivity index (χ4v) is 3.40. The van der Waals surface area contributed by atoms with Crippen LogP contribution in [0, 0.1) is 0 Å². The minimum atomic E-state index is 1.01.